The van der Waals surface area contributed by atoms with Crippen molar-refractivity contribution >= 4 is 0 Å². The van der Waals surface area contributed by atoms with Crippen molar-refractivity contribution in [3.8, 4) is 5.75 Å². The second-order valence-corrected chi connectivity index (χ2v) is 6.35. The standard InChI is InChI=1S/C18H25N3O4/c1-13-19-18(20-25-13)17-7-4-8-21(17)10-15(22)12-24-11-14-5-3-6-16(9-14)23-2/h3,5-6,9,15,17,22H,4,7-8,10-12H2,1-2H3/t15-,17+/m1/s1. The van der Waals surface area contributed by atoms with Crippen LogP contribution in [0, 0.1) is 6.92 Å². The molecule has 0 unspecified atom stereocenters. The Morgan fingerprint density at radius 1 is 1.44 bits per heavy atom. The normalized spacial score (nSPS) is 19.2. The molecule has 0 spiro atoms. The topological polar surface area (TPSA) is 80.9 Å². The van der Waals surface area contributed by atoms with Gasteiger partial charge in [-0.2, -0.15) is 4.98 Å². The lowest BCUT2D eigenvalue weighted by molar-refractivity contribution is 0.00707. The van der Waals surface area contributed by atoms with Crippen molar-refractivity contribution in [1.29, 1.82) is 0 Å². The van der Waals surface area contributed by atoms with E-state index in [1.54, 1.807) is 14.0 Å². The van der Waals surface area contributed by atoms with E-state index in [1.807, 2.05) is 24.3 Å². The number of aryl methyl sites for hydroxylation is 1. The van der Waals surface area contributed by atoms with Crippen molar-refractivity contribution in [1.82, 2.24) is 15.0 Å². The van der Waals surface area contributed by atoms with Gasteiger partial charge in [0.2, 0.25) is 5.89 Å². The molecule has 7 nitrogen and oxygen atoms in total. The molecule has 136 valence electrons. The molecule has 1 aliphatic heterocycles. The molecule has 1 saturated heterocycles. The number of likely N-dealkylation sites (tertiary alicyclic amines) is 1. The summed E-state index contributed by atoms with van der Waals surface area (Å²) in [6.45, 7) is 3.98. The fourth-order valence-electron chi connectivity index (χ4n) is 3.19. The zero-order chi connectivity index (χ0) is 17.6. The molecular formula is C18H25N3O4. The predicted octanol–water partition coefficient (Wildman–Crippen LogP) is 2.10. The predicted molar refractivity (Wildman–Crippen MR) is 91.2 cm³/mol. The molecule has 0 bridgehead atoms. The third-order valence-electron chi connectivity index (χ3n) is 4.36. The number of aliphatic hydroxyl groups excluding tert-OH is 1. The molecule has 2 aromatic rings. The molecule has 1 aromatic heterocycles. The number of rotatable bonds is 8. The van der Waals surface area contributed by atoms with Gasteiger partial charge in [-0.3, -0.25) is 4.90 Å². The van der Waals surface area contributed by atoms with Crippen molar-refractivity contribution in [2.24, 2.45) is 0 Å². The highest BCUT2D eigenvalue weighted by Gasteiger charge is 2.30. The molecule has 1 fully saturated rings. The molecule has 7 heteroatoms. The second kappa shape index (κ2) is 8.42. The van der Waals surface area contributed by atoms with Gasteiger partial charge in [-0.05, 0) is 37.1 Å². The summed E-state index contributed by atoms with van der Waals surface area (Å²) in [6, 6.07) is 7.84. The maximum absolute atomic E-state index is 10.3. The Morgan fingerprint density at radius 3 is 3.08 bits per heavy atom. The minimum atomic E-state index is -0.556. The van der Waals surface area contributed by atoms with Crippen LogP contribution in [0.2, 0.25) is 0 Å². The fourth-order valence-corrected chi connectivity index (χ4v) is 3.19. The maximum atomic E-state index is 10.3. The van der Waals surface area contributed by atoms with E-state index in [-0.39, 0.29) is 12.6 Å². The SMILES string of the molecule is COc1cccc(COC[C@H](O)CN2CCC[C@H]2c2noc(C)n2)c1. The van der Waals surface area contributed by atoms with Gasteiger partial charge in [0.15, 0.2) is 5.82 Å². The second-order valence-electron chi connectivity index (χ2n) is 6.35. The highest BCUT2D eigenvalue weighted by Crippen LogP contribution is 2.30. The van der Waals surface area contributed by atoms with Gasteiger partial charge in [0.25, 0.3) is 0 Å². The number of benzene rings is 1. The molecule has 1 aliphatic rings. The van der Waals surface area contributed by atoms with Gasteiger partial charge in [0, 0.05) is 13.5 Å². The molecule has 0 radical (unpaired) electrons. The van der Waals surface area contributed by atoms with E-state index in [1.165, 1.54) is 0 Å². The minimum absolute atomic E-state index is 0.116. The van der Waals surface area contributed by atoms with Crippen LogP contribution >= 0.6 is 0 Å². The first-order valence-electron chi connectivity index (χ1n) is 8.58. The Kier molecular flexibility index (Phi) is 6.01. The van der Waals surface area contributed by atoms with Crippen LogP contribution in [0.5, 0.6) is 5.75 Å². The summed E-state index contributed by atoms with van der Waals surface area (Å²) in [6.07, 6.45) is 1.49. The van der Waals surface area contributed by atoms with E-state index >= 15 is 0 Å². The van der Waals surface area contributed by atoms with Crippen LogP contribution in [-0.4, -0.2) is 53.1 Å². The number of hydrogen-bond donors (Lipinski definition) is 1. The monoisotopic (exact) mass is 347 g/mol. The molecule has 0 aliphatic carbocycles. The van der Waals surface area contributed by atoms with Crippen LogP contribution in [-0.2, 0) is 11.3 Å². The van der Waals surface area contributed by atoms with Gasteiger partial charge in [0.05, 0.1) is 32.5 Å². The van der Waals surface area contributed by atoms with Gasteiger partial charge < -0.3 is 19.1 Å². The number of ether oxygens (including phenoxy) is 2. The number of β-amino-alcohol motifs (C(OH)–C–C–N with tert-alkyl or cyclic N) is 1. The first-order chi connectivity index (χ1) is 12.2. The molecular weight excluding hydrogens is 322 g/mol. The van der Waals surface area contributed by atoms with Crippen molar-refractivity contribution in [3.05, 3.63) is 41.5 Å². The van der Waals surface area contributed by atoms with E-state index in [4.69, 9.17) is 14.0 Å². The Balaban J connectivity index is 1.46. The van der Waals surface area contributed by atoms with Crippen molar-refractivity contribution in [3.63, 3.8) is 0 Å². The van der Waals surface area contributed by atoms with E-state index in [2.05, 4.69) is 15.0 Å². The van der Waals surface area contributed by atoms with E-state index in [0.29, 0.717) is 24.9 Å². The fraction of sp³-hybridized carbons (Fsp3) is 0.556. The van der Waals surface area contributed by atoms with E-state index in [9.17, 15) is 5.11 Å². The van der Waals surface area contributed by atoms with Crippen LogP contribution < -0.4 is 4.74 Å². The summed E-state index contributed by atoms with van der Waals surface area (Å²) in [7, 11) is 1.64. The molecule has 3 rings (SSSR count). The van der Waals surface area contributed by atoms with Gasteiger partial charge in [0.1, 0.15) is 5.75 Å². The zero-order valence-electron chi connectivity index (χ0n) is 14.7. The molecule has 2 heterocycles. The van der Waals surface area contributed by atoms with Crippen molar-refractivity contribution in [2.45, 2.75) is 38.5 Å². The largest absolute Gasteiger partial charge is 0.497 e. The molecule has 1 N–H and O–H groups in total. The molecule has 1 aromatic carbocycles. The van der Waals surface area contributed by atoms with Crippen LogP contribution in [0.1, 0.15) is 36.2 Å². The number of aliphatic hydroxyl groups is 1. The maximum Gasteiger partial charge on any atom is 0.223 e. The summed E-state index contributed by atoms with van der Waals surface area (Å²) < 4.78 is 15.9. The number of methoxy groups -OCH3 is 1. The highest BCUT2D eigenvalue weighted by atomic mass is 16.5. The number of nitrogens with zero attached hydrogens (tertiary/aromatic N) is 3. The number of hydrogen-bond acceptors (Lipinski definition) is 7. The zero-order valence-corrected chi connectivity index (χ0v) is 14.7. The Hall–Kier alpha value is -1.96. The average molecular weight is 347 g/mol. The van der Waals surface area contributed by atoms with Gasteiger partial charge in [-0.1, -0.05) is 17.3 Å². The lowest BCUT2D eigenvalue weighted by Gasteiger charge is -2.24. The molecule has 25 heavy (non-hydrogen) atoms. The third kappa shape index (κ3) is 4.78. The molecule has 2 atom stereocenters. The van der Waals surface area contributed by atoms with Crippen LogP contribution in [0.15, 0.2) is 28.8 Å². The van der Waals surface area contributed by atoms with Gasteiger partial charge in [-0.25, -0.2) is 0 Å². The first-order valence-corrected chi connectivity index (χ1v) is 8.58. The van der Waals surface area contributed by atoms with Crippen molar-refractivity contribution in [2.75, 3.05) is 26.8 Å². The van der Waals surface area contributed by atoms with Crippen LogP contribution in [0.4, 0.5) is 0 Å². The van der Waals surface area contributed by atoms with Crippen LogP contribution in [0.3, 0.4) is 0 Å². The smallest absolute Gasteiger partial charge is 0.223 e. The summed E-state index contributed by atoms with van der Waals surface area (Å²) in [5, 5.41) is 14.3. The Labute approximate surface area is 147 Å². The summed E-state index contributed by atoms with van der Waals surface area (Å²) in [5.41, 5.74) is 1.02. The van der Waals surface area contributed by atoms with Crippen molar-refractivity contribution < 1.29 is 19.1 Å². The summed E-state index contributed by atoms with van der Waals surface area (Å²) in [4.78, 5) is 6.52. The molecule has 0 saturated carbocycles. The summed E-state index contributed by atoms with van der Waals surface area (Å²) in [5.74, 6) is 2.08. The molecule has 0 amide bonds. The minimum Gasteiger partial charge on any atom is -0.497 e. The summed E-state index contributed by atoms with van der Waals surface area (Å²) >= 11 is 0. The third-order valence-corrected chi connectivity index (χ3v) is 4.36. The first kappa shape index (κ1) is 17.8. The van der Waals surface area contributed by atoms with Gasteiger partial charge >= 0.3 is 0 Å². The Bertz CT molecular complexity index is 676. The van der Waals surface area contributed by atoms with E-state index < -0.39 is 6.10 Å². The lowest BCUT2D eigenvalue weighted by Crippen LogP contribution is -2.35. The van der Waals surface area contributed by atoms with E-state index in [0.717, 1.165) is 30.7 Å². The van der Waals surface area contributed by atoms with Crippen LogP contribution in [0.25, 0.3) is 0 Å². The lowest BCUT2D eigenvalue weighted by atomic mass is 10.2. The number of aromatic nitrogens is 2. The highest BCUT2D eigenvalue weighted by molar-refractivity contribution is 5.27. The average Bonchev–Trinajstić information content (AvgIpc) is 3.23. The van der Waals surface area contributed by atoms with Gasteiger partial charge in [-0.15, -0.1) is 0 Å². The Morgan fingerprint density at radius 2 is 2.32 bits per heavy atom. The quantitative estimate of drug-likeness (QED) is 0.783.